The van der Waals surface area contributed by atoms with E-state index in [2.05, 4.69) is 4.98 Å². The van der Waals surface area contributed by atoms with E-state index in [1.54, 1.807) is 0 Å². The van der Waals surface area contributed by atoms with Gasteiger partial charge in [-0.25, -0.2) is 4.98 Å². The van der Waals surface area contributed by atoms with E-state index in [0.29, 0.717) is 0 Å². The van der Waals surface area contributed by atoms with Crippen LogP contribution in [0.2, 0.25) is 25.1 Å². The Bertz CT molecular complexity index is 753. The molecule has 1 heterocycles. The van der Waals surface area contributed by atoms with Crippen molar-refractivity contribution < 1.29 is 14.3 Å². The largest absolute Gasteiger partial charge is 0.481 e. The Kier molecular flexibility index (Phi) is 5.41. The van der Waals surface area contributed by atoms with Gasteiger partial charge in [0.1, 0.15) is 0 Å². The molecule has 1 N–H and O–H groups in total. The number of benzene rings is 1. The van der Waals surface area contributed by atoms with Crippen LogP contribution in [0, 0.1) is 5.95 Å². The summed E-state index contributed by atoms with van der Waals surface area (Å²) in [6, 6.07) is 1.27. The Morgan fingerprint density at radius 2 is 1.55 bits per heavy atom. The van der Waals surface area contributed by atoms with Crippen LogP contribution in [-0.2, 0) is 11.2 Å². The monoisotopic (exact) mass is 401 g/mol. The van der Waals surface area contributed by atoms with Crippen LogP contribution in [0.25, 0.3) is 11.1 Å². The van der Waals surface area contributed by atoms with Crippen molar-refractivity contribution in [3.05, 3.63) is 48.9 Å². The number of carbonyl (C=O) groups is 1. The van der Waals surface area contributed by atoms with E-state index in [1.807, 2.05) is 0 Å². The Hall–Kier alpha value is -0.780. The van der Waals surface area contributed by atoms with Gasteiger partial charge in [0, 0.05) is 17.3 Å². The van der Waals surface area contributed by atoms with Gasteiger partial charge in [-0.2, -0.15) is 4.39 Å². The fourth-order valence-electron chi connectivity index (χ4n) is 1.78. The quantitative estimate of drug-likeness (QED) is 0.401. The van der Waals surface area contributed by atoms with E-state index in [0.717, 1.165) is 6.20 Å². The maximum atomic E-state index is 14.0. The third-order valence-corrected chi connectivity index (χ3v) is 5.01. The highest BCUT2D eigenvalue weighted by atomic mass is 35.5. The van der Waals surface area contributed by atoms with Crippen LogP contribution >= 0.6 is 58.0 Å². The summed E-state index contributed by atoms with van der Waals surface area (Å²) in [5, 5.41) is 8.36. The number of hydrogen-bond acceptors (Lipinski definition) is 2. The lowest BCUT2D eigenvalue weighted by atomic mass is 10.0. The van der Waals surface area contributed by atoms with E-state index in [1.165, 1.54) is 6.07 Å². The van der Waals surface area contributed by atoms with E-state index < -0.39 is 11.9 Å². The molecule has 0 atom stereocenters. The van der Waals surface area contributed by atoms with E-state index >= 15 is 0 Å². The second-order valence-corrected chi connectivity index (χ2v) is 6.09. The Morgan fingerprint density at radius 3 is 2.05 bits per heavy atom. The average Bonchev–Trinajstić information content (AvgIpc) is 2.46. The molecule has 3 nitrogen and oxygen atoms in total. The predicted octanol–water partition coefficient (Wildman–Crippen LogP) is 5.78. The molecular formula is C13H5Cl5FNO2. The standard InChI is InChI=1S/C13H5Cl5FNO2/c14-8-7(9(15)11(17)12(18)10(8)16)5-1-4(2-6(21)22)3-20-13(5)19/h1,3H,2H2,(H,21,22). The fraction of sp³-hybridized carbons (Fsp3) is 0.0769. The van der Waals surface area contributed by atoms with Crippen LogP contribution in [0.5, 0.6) is 0 Å². The lowest BCUT2D eigenvalue weighted by Crippen LogP contribution is -2.02. The van der Waals surface area contributed by atoms with Crippen LogP contribution in [0.3, 0.4) is 0 Å². The molecule has 2 aromatic rings. The summed E-state index contributed by atoms with van der Waals surface area (Å²) < 4.78 is 14.0. The normalized spacial score (nSPS) is 10.8. The second kappa shape index (κ2) is 6.77. The van der Waals surface area contributed by atoms with Crippen LogP contribution in [0.4, 0.5) is 4.39 Å². The van der Waals surface area contributed by atoms with E-state index in [4.69, 9.17) is 63.1 Å². The Labute approximate surface area is 149 Å². The van der Waals surface area contributed by atoms with Gasteiger partial charge in [-0.05, 0) is 11.6 Å². The molecule has 1 aromatic carbocycles. The molecule has 0 bridgehead atoms. The molecule has 0 spiro atoms. The molecule has 0 saturated heterocycles. The van der Waals surface area contributed by atoms with Crippen molar-refractivity contribution in [2.45, 2.75) is 6.42 Å². The SMILES string of the molecule is O=C(O)Cc1cnc(F)c(-c2c(Cl)c(Cl)c(Cl)c(Cl)c2Cl)c1. The first-order valence-electron chi connectivity index (χ1n) is 5.62. The molecule has 2 rings (SSSR count). The molecule has 0 saturated carbocycles. The van der Waals surface area contributed by atoms with E-state index in [-0.39, 0.29) is 48.2 Å². The number of hydrogen-bond donors (Lipinski definition) is 1. The van der Waals surface area contributed by atoms with Gasteiger partial charge in [0.25, 0.3) is 0 Å². The summed E-state index contributed by atoms with van der Waals surface area (Å²) in [5.74, 6) is -1.99. The third kappa shape index (κ3) is 3.26. The molecule has 0 fully saturated rings. The van der Waals surface area contributed by atoms with E-state index in [9.17, 15) is 9.18 Å². The summed E-state index contributed by atoms with van der Waals surface area (Å²) in [6.45, 7) is 0. The van der Waals surface area contributed by atoms with Crippen LogP contribution in [0.1, 0.15) is 5.56 Å². The maximum absolute atomic E-state index is 14.0. The highest BCUT2D eigenvalue weighted by molar-refractivity contribution is 6.56. The van der Waals surface area contributed by atoms with Crippen LogP contribution in [-0.4, -0.2) is 16.1 Å². The van der Waals surface area contributed by atoms with Crippen LogP contribution < -0.4 is 0 Å². The lowest BCUT2D eigenvalue weighted by molar-refractivity contribution is -0.136. The minimum absolute atomic E-state index is 0.0000258. The molecule has 9 heteroatoms. The minimum atomic E-state index is -1.09. The number of carboxylic acid groups (broad SMARTS) is 1. The molecule has 0 aliphatic heterocycles. The van der Waals surface area contributed by atoms with Gasteiger partial charge in [0.15, 0.2) is 0 Å². The zero-order valence-corrected chi connectivity index (χ0v) is 14.2. The maximum Gasteiger partial charge on any atom is 0.307 e. The number of rotatable bonds is 3. The van der Waals surface area contributed by atoms with Gasteiger partial charge >= 0.3 is 5.97 Å². The predicted molar refractivity (Wildman–Crippen MR) is 86.0 cm³/mol. The zero-order chi connectivity index (χ0) is 16.6. The van der Waals surface area contributed by atoms with Gasteiger partial charge in [-0.1, -0.05) is 58.0 Å². The number of aliphatic carboxylic acids is 1. The zero-order valence-electron chi connectivity index (χ0n) is 10.4. The third-order valence-electron chi connectivity index (χ3n) is 2.73. The van der Waals surface area contributed by atoms with Crippen LogP contribution in [0.15, 0.2) is 12.3 Å². The number of aromatic nitrogens is 1. The van der Waals surface area contributed by atoms with Gasteiger partial charge in [0.05, 0.1) is 31.5 Å². The number of carboxylic acids is 1. The molecular weight excluding hydrogens is 398 g/mol. The molecule has 116 valence electrons. The minimum Gasteiger partial charge on any atom is -0.481 e. The molecule has 0 unspecified atom stereocenters. The first-order valence-corrected chi connectivity index (χ1v) is 7.51. The Morgan fingerprint density at radius 1 is 1.05 bits per heavy atom. The topological polar surface area (TPSA) is 50.2 Å². The summed E-state index contributed by atoms with van der Waals surface area (Å²) >= 11 is 29.9. The Balaban J connectivity index is 2.74. The average molecular weight is 403 g/mol. The highest BCUT2D eigenvalue weighted by Gasteiger charge is 2.23. The van der Waals surface area contributed by atoms with Crippen molar-refractivity contribution in [1.82, 2.24) is 4.98 Å². The van der Waals surface area contributed by atoms with Gasteiger partial charge < -0.3 is 5.11 Å². The smallest absolute Gasteiger partial charge is 0.307 e. The van der Waals surface area contributed by atoms with Crippen molar-refractivity contribution >= 4 is 64.0 Å². The number of halogens is 6. The fourth-order valence-corrected chi connectivity index (χ4v) is 3.12. The van der Waals surface area contributed by atoms with Gasteiger partial charge in [0.2, 0.25) is 5.95 Å². The summed E-state index contributed by atoms with van der Waals surface area (Å²) in [5.41, 5.74) is 0.146. The molecule has 0 aliphatic rings. The molecule has 1 aromatic heterocycles. The highest BCUT2D eigenvalue weighted by Crippen LogP contribution is 2.48. The summed E-state index contributed by atoms with van der Waals surface area (Å²) in [7, 11) is 0. The first-order chi connectivity index (χ1) is 10.2. The molecule has 22 heavy (non-hydrogen) atoms. The van der Waals surface area contributed by atoms with Crippen molar-refractivity contribution in [1.29, 1.82) is 0 Å². The second-order valence-electron chi connectivity index (χ2n) is 4.20. The van der Waals surface area contributed by atoms with Crippen molar-refractivity contribution in [2.75, 3.05) is 0 Å². The van der Waals surface area contributed by atoms with Crippen molar-refractivity contribution in [3.8, 4) is 11.1 Å². The molecule has 0 aliphatic carbocycles. The van der Waals surface area contributed by atoms with Gasteiger partial charge in [-0.15, -0.1) is 0 Å². The van der Waals surface area contributed by atoms with Crippen molar-refractivity contribution in [2.24, 2.45) is 0 Å². The van der Waals surface area contributed by atoms with Crippen molar-refractivity contribution in [3.63, 3.8) is 0 Å². The molecule has 0 amide bonds. The first kappa shape index (κ1) is 17.6. The molecule has 0 radical (unpaired) electrons. The summed E-state index contributed by atoms with van der Waals surface area (Å²) in [4.78, 5) is 14.3. The summed E-state index contributed by atoms with van der Waals surface area (Å²) in [6.07, 6.45) is 0.762. The number of nitrogens with zero attached hydrogens (tertiary/aromatic N) is 1. The van der Waals surface area contributed by atoms with Gasteiger partial charge in [-0.3, -0.25) is 4.79 Å². The lowest BCUT2D eigenvalue weighted by Gasteiger charge is -2.13. The number of pyridine rings is 1.